The van der Waals surface area contributed by atoms with Gasteiger partial charge >= 0.3 is 12.1 Å². The first kappa shape index (κ1) is 33.4. The number of allylic oxidation sites excluding steroid dienone is 1. The highest BCUT2D eigenvalue weighted by Crippen LogP contribution is 2.26. The Morgan fingerprint density at radius 1 is 1.07 bits per heavy atom. The Morgan fingerprint density at radius 2 is 1.80 bits per heavy atom. The second-order valence-corrected chi connectivity index (χ2v) is 11.6. The van der Waals surface area contributed by atoms with E-state index in [1.54, 1.807) is 17.9 Å². The minimum Gasteiger partial charge on any atom is -0.466 e. The number of amides is 1. The molecular weight excluding hydrogens is 508 g/mol. The molecule has 0 aliphatic carbocycles. The van der Waals surface area contributed by atoms with Crippen LogP contribution in [0.15, 0.2) is 23.9 Å². The number of ether oxygens (including phenoxy) is 2. The molecule has 2 heterocycles. The Balaban J connectivity index is 1.88. The van der Waals surface area contributed by atoms with Crippen molar-refractivity contribution in [3.8, 4) is 11.8 Å². The molecule has 8 nitrogen and oxygen atoms in total. The number of rotatable bonds is 11. The monoisotopic (exact) mass is 558 g/mol. The van der Waals surface area contributed by atoms with Crippen LogP contribution in [-0.2, 0) is 19.1 Å². The molecule has 0 saturated carbocycles. The van der Waals surface area contributed by atoms with E-state index in [1.165, 1.54) is 0 Å². The summed E-state index contributed by atoms with van der Waals surface area (Å²) in [5.41, 5.74) is 0.576. The van der Waals surface area contributed by atoms with E-state index >= 15 is 0 Å². The highest BCUT2D eigenvalue weighted by atomic mass is 16.6. The van der Waals surface area contributed by atoms with Crippen molar-refractivity contribution in [2.45, 2.75) is 122 Å². The van der Waals surface area contributed by atoms with E-state index in [-0.39, 0.29) is 23.9 Å². The van der Waals surface area contributed by atoms with Crippen LogP contribution in [0.1, 0.15) is 105 Å². The van der Waals surface area contributed by atoms with Gasteiger partial charge in [0.2, 0.25) is 0 Å². The van der Waals surface area contributed by atoms with Gasteiger partial charge in [-0.2, -0.15) is 0 Å². The van der Waals surface area contributed by atoms with Gasteiger partial charge < -0.3 is 24.4 Å². The van der Waals surface area contributed by atoms with Crippen molar-refractivity contribution >= 4 is 17.8 Å². The predicted octanol–water partition coefficient (Wildman–Crippen LogP) is 5.54. The highest BCUT2D eigenvalue weighted by molar-refractivity contribution is 5.89. The van der Waals surface area contributed by atoms with Crippen molar-refractivity contribution in [1.82, 2.24) is 9.80 Å². The number of hydrogen-bond donors (Lipinski definition) is 1. The minimum absolute atomic E-state index is 0.0485. The first-order valence-electron chi connectivity index (χ1n) is 15.0. The molecule has 40 heavy (non-hydrogen) atoms. The van der Waals surface area contributed by atoms with E-state index in [0.29, 0.717) is 64.6 Å². The van der Waals surface area contributed by atoms with Gasteiger partial charge in [0.05, 0.1) is 18.8 Å². The average Bonchev–Trinajstić information content (AvgIpc) is 2.89. The second kappa shape index (κ2) is 17.8. The molecule has 0 aromatic rings. The Labute approximate surface area is 241 Å². The maximum absolute atomic E-state index is 12.6. The van der Waals surface area contributed by atoms with Gasteiger partial charge in [-0.25, -0.2) is 4.79 Å². The molecule has 0 radical (unpaired) electrons. The molecule has 1 N–H and O–H groups in total. The summed E-state index contributed by atoms with van der Waals surface area (Å²) in [4.78, 5) is 40.4. The number of carbonyl (C=O) groups is 3. The number of unbranched alkanes of at least 4 members (excludes halogenated alkanes) is 2. The number of esters is 1. The summed E-state index contributed by atoms with van der Waals surface area (Å²) < 4.78 is 10.5. The van der Waals surface area contributed by atoms with E-state index in [9.17, 15) is 19.5 Å². The second-order valence-electron chi connectivity index (χ2n) is 11.6. The molecule has 1 saturated heterocycles. The fraction of sp³-hybridized carbons (Fsp3) is 0.719. The highest BCUT2D eigenvalue weighted by Gasteiger charge is 2.30. The van der Waals surface area contributed by atoms with Crippen molar-refractivity contribution in [2.75, 3.05) is 26.2 Å². The van der Waals surface area contributed by atoms with Crippen LogP contribution < -0.4 is 0 Å². The number of carbonyl (C=O) groups excluding carboxylic acids is 3. The van der Waals surface area contributed by atoms with Crippen molar-refractivity contribution in [2.24, 2.45) is 0 Å². The van der Waals surface area contributed by atoms with Crippen LogP contribution in [0.3, 0.4) is 0 Å². The molecule has 1 fully saturated rings. The van der Waals surface area contributed by atoms with Gasteiger partial charge in [-0.1, -0.05) is 24.5 Å². The maximum atomic E-state index is 12.6. The first-order valence-corrected chi connectivity index (χ1v) is 15.0. The lowest BCUT2D eigenvalue weighted by molar-refractivity contribution is -0.143. The fourth-order valence-corrected chi connectivity index (χ4v) is 4.90. The summed E-state index contributed by atoms with van der Waals surface area (Å²) in [5.74, 6) is 6.01. The predicted molar refractivity (Wildman–Crippen MR) is 156 cm³/mol. The number of hydrogen-bond acceptors (Lipinski definition) is 7. The molecule has 1 amide bonds. The molecule has 2 atom stereocenters. The number of likely N-dealkylation sites (tertiary alicyclic amines) is 1. The topological polar surface area (TPSA) is 96.4 Å². The van der Waals surface area contributed by atoms with Gasteiger partial charge in [-0.15, -0.1) is 11.8 Å². The van der Waals surface area contributed by atoms with Crippen LogP contribution in [0.2, 0.25) is 0 Å². The molecule has 0 aromatic carbocycles. The zero-order valence-corrected chi connectivity index (χ0v) is 25.1. The molecule has 2 rings (SSSR count). The third-order valence-corrected chi connectivity index (χ3v) is 6.93. The number of ketones is 1. The number of aliphatic hydroxyl groups excluding tert-OH is 1. The van der Waals surface area contributed by atoms with E-state index in [2.05, 4.69) is 22.8 Å². The fourth-order valence-electron chi connectivity index (χ4n) is 4.90. The minimum atomic E-state index is -0.541. The van der Waals surface area contributed by atoms with Crippen molar-refractivity contribution in [3.05, 3.63) is 23.9 Å². The van der Waals surface area contributed by atoms with Crippen LogP contribution in [-0.4, -0.2) is 76.7 Å². The molecule has 0 spiro atoms. The smallest absolute Gasteiger partial charge is 0.410 e. The number of aliphatic hydroxyl groups is 1. The van der Waals surface area contributed by atoms with Gasteiger partial charge in [-0.05, 0) is 72.3 Å². The Bertz CT molecular complexity index is 939. The van der Waals surface area contributed by atoms with Crippen LogP contribution >= 0.6 is 0 Å². The Morgan fingerprint density at radius 3 is 2.50 bits per heavy atom. The standard InChI is InChI=1S/C32H50N2O6/c1-5-39-30(37)19-13-9-7-6-8-11-17-27(35)20-23-33-21-14-10-12-18-29(36)28(33)24-26-16-15-22-34(25-26)31(38)40-32(2,3)4/h16,20,23,28-29,36H,5,8-15,17-19,21-22,24-25H2,1-4H3/b23-20+/t28-,29-/m1/s1. The van der Waals surface area contributed by atoms with Gasteiger partial charge in [0.15, 0.2) is 5.78 Å². The van der Waals surface area contributed by atoms with Crippen molar-refractivity contribution in [3.63, 3.8) is 0 Å². The average molecular weight is 559 g/mol. The molecular formula is C32H50N2O6. The molecule has 8 heteroatoms. The summed E-state index contributed by atoms with van der Waals surface area (Å²) in [6, 6.07) is -0.144. The molecule has 0 unspecified atom stereocenters. The van der Waals surface area contributed by atoms with E-state index in [1.807, 2.05) is 27.0 Å². The lowest BCUT2D eigenvalue weighted by Crippen LogP contribution is -2.45. The SMILES string of the molecule is CCOC(=O)CCCC#CCCCC(=O)/C=C/N1CCCCC[C@@H](O)[C@H]1CC1=CCCN(C(=O)OC(C)(C)C)C1. The van der Waals surface area contributed by atoms with E-state index in [0.717, 1.165) is 44.2 Å². The molecule has 0 bridgehead atoms. The molecule has 2 aliphatic rings. The Kier molecular flexibility index (Phi) is 14.9. The van der Waals surface area contributed by atoms with E-state index < -0.39 is 11.7 Å². The lowest BCUT2D eigenvalue weighted by Gasteiger charge is -2.38. The zero-order valence-electron chi connectivity index (χ0n) is 25.1. The summed E-state index contributed by atoms with van der Waals surface area (Å²) in [6.45, 7) is 9.71. The summed E-state index contributed by atoms with van der Waals surface area (Å²) in [7, 11) is 0. The third kappa shape index (κ3) is 13.5. The van der Waals surface area contributed by atoms with Crippen LogP contribution in [0.5, 0.6) is 0 Å². The molecule has 224 valence electrons. The van der Waals surface area contributed by atoms with Gasteiger partial charge in [0, 0.05) is 51.5 Å². The summed E-state index contributed by atoms with van der Waals surface area (Å²) in [6.07, 6.45) is 13.5. The van der Waals surface area contributed by atoms with Crippen molar-refractivity contribution in [1.29, 1.82) is 0 Å². The van der Waals surface area contributed by atoms with Crippen molar-refractivity contribution < 1.29 is 29.0 Å². The normalized spacial score (nSPS) is 20.2. The van der Waals surface area contributed by atoms with Crippen LogP contribution in [0.4, 0.5) is 4.79 Å². The van der Waals surface area contributed by atoms with E-state index in [4.69, 9.17) is 9.47 Å². The van der Waals surface area contributed by atoms with Gasteiger partial charge in [0.1, 0.15) is 5.60 Å². The van der Waals surface area contributed by atoms with Gasteiger partial charge in [0.25, 0.3) is 0 Å². The maximum Gasteiger partial charge on any atom is 0.410 e. The zero-order chi connectivity index (χ0) is 29.4. The van der Waals surface area contributed by atoms with Gasteiger partial charge in [-0.3, -0.25) is 9.59 Å². The third-order valence-electron chi connectivity index (χ3n) is 6.93. The molecule has 0 aromatic heterocycles. The summed E-state index contributed by atoms with van der Waals surface area (Å²) in [5, 5.41) is 11.1. The number of nitrogens with zero attached hydrogens (tertiary/aromatic N) is 2. The Hall–Kier alpha value is -2.79. The van der Waals surface area contributed by atoms with Crippen LogP contribution in [0, 0.1) is 11.8 Å². The lowest BCUT2D eigenvalue weighted by atomic mass is 9.92. The largest absolute Gasteiger partial charge is 0.466 e. The molecule has 2 aliphatic heterocycles. The summed E-state index contributed by atoms with van der Waals surface area (Å²) >= 11 is 0. The quantitative estimate of drug-likeness (QED) is 0.117. The van der Waals surface area contributed by atoms with Crippen LogP contribution in [0.25, 0.3) is 0 Å². The first-order chi connectivity index (χ1) is 19.1.